The van der Waals surface area contributed by atoms with Gasteiger partial charge in [-0.1, -0.05) is 17.7 Å². The molecule has 3 heterocycles. The van der Waals surface area contributed by atoms with Crippen LogP contribution in [-0.2, 0) is 0 Å². The van der Waals surface area contributed by atoms with Gasteiger partial charge in [0.15, 0.2) is 0 Å². The van der Waals surface area contributed by atoms with E-state index in [1.165, 1.54) is 12.1 Å². The first-order valence-electron chi connectivity index (χ1n) is 10.6. The summed E-state index contributed by atoms with van der Waals surface area (Å²) in [6.45, 7) is 1.92. The number of nitrogens with zero attached hydrogens (tertiary/aromatic N) is 4. The number of imidazole rings is 1. The van der Waals surface area contributed by atoms with Crippen molar-refractivity contribution < 1.29 is 4.39 Å². The van der Waals surface area contributed by atoms with E-state index < -0.39 is 0 Å². The zero-order valence-electron chi connectivity index (χ0n) is 17.3. The van der Waals surface area contributed by atoms with Crippen molar-refractivity contribution in [3.63, 3.8) is 0 Å². The molecule has 32 heavy (non-hydrogen) atoms. The average molecular weight is 449 g/mol. The number of benzene rings is 2. The summed E-state index contributed by atoms with van der Waals surface area (Å²) in [6, 6.07) is 16.0. The van der Waals surface area contributed by atoms with Crippen LogP contribution in [0, 0.1) is 5.82 Å². The standard InChI is InChI=1S/C24H22ClFN6/c25-17-2-1-3-19(14-17)30-24-28-13-10-21(31-24)23-22(16-4-6-18(26)7-5-16)29-15-32(23)20-8-11-27-12-9-20/h1-7,10,13-15,20,27H,8-9,11-12H2,(H,28,30,31). The van der Waals surface area contributed by atoms with Crippen LogP contribution in [0.4, 0.5) is 16.0 Å². The van der Waals surface area contributed by atoms with Gasteiger partial charge in [0, 0.05) is 28.5 Å². The molecule has 1 aliphatic heterocycles. The first-order chi connectivity index (χ1) is 15.7. The van der Waals surface area contributed by atoms with E-state index in [4.69, 9.17) is 21.6 Å². The summed E-state index contributed by atoms with van der Waals surface area (Å²) < 4.78 is 15.7. The molecule has 162 valence electrons. The van der Waals surface area contributed by atoms with Gasteiger partial charge in [0.25, 0.3) is 0 Å². The minimum Gasteiger partial charge on any atom is -0.326 e. The van der Waals surface area contributed by atoms with Crippen molar-refractivity contribution in [2.45, 2.75) is 18.9 Å². The number of hydrogen-bond acceptors (Lipinski definition) is 5. The summed E-state index contributed by atoms with van der Waals surface area (Å²) in [5.74, 6) is 0.191. The molecule has 0 saturated carbocycles. The van der Waals surface area contributed by atoms with Gasteiger partial charge in [-0.2, -0.15) is 0 Å². The van der Waals surface area contributed by atoms with E-state index in [0.29, 0.717) is 17.0 Å². The minimum atomic E-state index is -0.275. The number of anilines is 2. The van der Waals surface area contributed by atoms with Gasteiger partial charge in [-0.15, -0.1) is 0 Å². The highest BCUT2D eigenvalue weighted by molar-refractivity contribution is 6.30. The Balaban J connectivity index is 1.57. The summed E-state index contributed by atoms with van der Waals surface area (Å²) in [5, 5.41) is 7.26. The zero-order valence-corrected chi connectivity index (χ0v) is 18.1. The number of halogens is 2. The fourth-order valence-electron chi connectivity index (χ4n) is 4.04. The van der Waals surface area contributed by atoms with E-state index in [2.05, 4.69) is 20.2 Å². The van der Waals surface area contributed by atoms with Gasteiger partial charge in [-0.3, -0.25) is 0 Å². The lowest BCUT2D eigenvalue weighted by Crippen LogP contribution is -2.29. The van der Waals surface area contributed by atoms with E-state index in [-0.39, 0.29) is 5.82 Å². The fourth-order valence-corrected chi connectivity index (χ4v) is 4.23. The monoisotopic (exact) mass is 448 g/mol. The van der Waals surface area contributed by atoms with Crippen molar-refractivity contribution in [1.82, 2.24) is 24.8 Å². The average Bonchev–Trinajstić information content (AvgIpc) is 3.26. The highest BCUT2D eigenvalue weighted by Gasteiger charge is 2.23. The Bertz CT molecular complexity index is 1220. The quantitative estimate of drug-likeness (QED) is 0.424. The molecule has 0 atom stereocenters. The second-order valence-electron chi connectivity index (χ2n) is 7.74. The second-order valence-corrected chi connectivity index (χ2v) is 8.17. The first kappa shape index (κ1) is 20.6. The summed E-state index contributed by atoms with van der Waals surface area (Å²) in [6.07, 6.45) is 5.61. The number of aromatic nitrogens is 4. The molecule has 0 aliphatic carbocycles. The van der Waals surface area contributed by atoms with Crippen LogP contribution in [0.2, 0.25) is 5.02 Å². The molecule has 2 N–H and O–H groups in total. The predicted molar refractivity (Wildman–Crippen MR) is 125 cm³/mol. The normalized spacial score (nSPS) is 14.4. The Kier molecular flexibility index (Phi) is 5.83. The van der Waals surface area contributed by atoms with Crippen molar-refractivity contribution >= 4 is 23.2 Å². The van der Waals surface area contributed by atoms with E-state index in [1.807, 2.05) is 36.7 Å². The number of rotatable bonds is 5. The molecule has 2 aromatic heterocycles. The van der Waals surface area contributed by atoms with Crippen LogP contribution in [0.1, 0.15) is 18.9 Å². The summed E-state index contributed by atoms with van der Waals surface area (Å²) in [4.78, 5) is 13.9. The number of hydrogen-bond donors (Lipinski definition) is 2. The maximum Gasteiger partial charge on any atom is 0.227 e. The van der Waals surface area contributed by atoms with Gasteiger partial charge in [0.1, 0.15) is 5.82 Å². The summed E-state index contributed by atoms with van der Waals surface area (Å²) in [7, 11) is 0. The van der Waals surface area contributed by atoms with Crippen LogP contribution in [0.5, 0.6) is 0 Å². The molecule has 1 aliphatic rings. The highest BCUT2D eigenvalue weighted by Crippen LogP contribution is 2.35. The van der Waals surface area contributed by atoms with Crippen molar-refractivity contribution in [2.24, 2.45) is 0 Å². The molecule has 0 spiro atoms. The molecule has 0 radical (unpaired) electrons. The van der Waals surface area contributed by atoms with Crippen LogP contribution < -0.4 is 10.6 Å². The van der Waals surface area contributed by atoms with Crippen LogP contribution in [0.25, 0.3) is 22.6 Å². The summed E-state index contributed by atoms with van der Waals surface area (Å²) >= 11 is 6.11. The maximum absolute atomic E-state index is 13.5. The Morgan fingerprint density at radius 3 is 2.62 bits per heavy atom. The lowest BCUT2D eigenvalue weighted by Gasteiger charge is -2.25. The van der Waals surface area contributed by atoms with Crippen LogP contribution >= 0.6 is 11.6 Å². The van der Waals surface area contributed by atoms with E-state index >= 15 is 0 Å². The van der Waals surface area contributed by atoms with Gasteiger partial charge in [0.05, 0.1) is 23.4 Å². The van der Waals surface area contributed by atoms with Gasteiger partial charge in [-0.05, 0) is 74.5 Å². The molecule has 6 nitrogen and oxygen atoms in total. The lowest BCUT2D eigenvalue weighted by atomic mass is 10.0. The first-order valence-corrected chi connectivity index (χ1v) is 10.9. The molecule has 5 rings (SSSR count). The van der Waals surface area contributed by atoms with Crippen molar-refractivity contribution in [3.8, 4) is 22.6 Å². The second kappa shape index (κ2) is 9.06. The number of nitrogens with one attached hydrogen (secondary N) is 2. The Morgan fingerprint density at radius 2 is 1.84 bits per heavy atom. The van der Waals surface area contributed by atoms with Gasteiger partial charge in [0.2, 0.25) is 5.95 Å². The largest absolute Gasteiger partial charge is 0.326 e. The zero-order chi connectivity index (χ0) is 21.9. The van der Waals surface area contributed by atoms with Gasteiger partial charge >= 0.3 is 0 Å². The van der Waals surface area contributed by atoms with Crippen LogP contribution in [0.15, 0.2) is 67.1 Å². The molecule has 2 aromatic carbocycles. The lowest BCUT2D eigenvalue weighted by molar-refractivity contribution is 0.370. The molecule has 0 unspecified atom stereocenters. The Hall–Kier alpha value is -3.29. The van der Waals surface area contributed by atoms with Crippen molar-refractivity contribution in [2.75, 3.05) is 18.4 Å². The molecular formula is C24H22ClFN6. The van der Waals surface area contributed by atoms with Crippen LogP contribution in [0.3, 0.4) is 0 Å². The molecule has 1 fully saturated rings. The van der Waals surface area contributed by atoms with Gasteiger partial charge < -0.3 is 15.2 Å². The summed E-state index contributed by atoms with van der Waals surface area (Å²) in [5.41, 5.74) is 4.08. The molecule has 8 heteroatoms. The van der Waals surface area contributed by atoms with Gasteiger partial charge in [-0.25, -0.2) is 19.3 Å². The maximum atomic E-state index is 13.5. The van der Waals surface area contributed by atoms with Crippen LogP contribution in [-0.4, -0.2) is 32.6 Å². The minimum absolute atomic E-state index is 0.275. The molecule has 0 bridgehead atoms. The van der Waals surface area contributed by atoms with E-state index in [1.54, 1.807) is 18.3 Å². The van der Waals surface area contributed by atoms with Crippen molar-refractivity contribution in [1.29, 1.82) is 0 Å². The third-order valence-electron chi connectivity index (χ3n) is 5.59. The number of piperidine rings is 1. The van der Waals surface area contributed by atoms with E-state index in [0.717, 1.165) is 54.3 Å². The molecular weight excluding hydrogens is 427 g/mol. The topological polar surface area (TPSA) is 67.7 Å². The predicted octanol–water partition coefficient (Wildman–Crippen LogP) is 5.47. The highest BCUT2D eigenvalue weighted by atomic mass is 35.5. The van der Waals surface area contributed by atoms with E-state index in [9.17, 15) is 4.39 Å². The molecule has 4 aromatic rings. The van der Waals surface area contributed by atoms with Crippen molar-refractivity contribution in [3.05, 3.63) is 78.0 Å². The Morgan fingerprint density at radius 1 is 1.03 bits per heavy atom. The fraction of sp³-hybridized carbons (Fsp3) is 0.208. The SMILES string of the molecule is Fc1ccc(-c2ncn(C3CCNCC3)c2-c2ccnc(Nc3cccc(Cl)c3)n2)cc1. The molecule has 1 saturated heterocycles. The smallest absolute Gasteiger partial charge is 0.227 e. The molecule has 0 amide bonds. The third kappa shape index (κ3) is 4.35. The third-order valence-corrected chi connectivity index (χ3v) is 5.83. The Labute approximate surface area is 190 Å².